The van der Waals surface area contributed by atoms with E-state index in [1.165, 1.54) is 12.5 Å². The van der Waals surface area contributed by atoms with Gasteiger partial charge in [0.05, 0.1) is 17.1 Å². The first-order valence-electron chi connectivity index (χ1n) is 8.72. The van der Waals surface area contributed by atoms with Crippen molar-refractivity contribution in [3.63, 3.8) is 0 Å². The summed E-state index contributed by atoms with van der Waals surface area (Å²) >= 11 is 0. The second kappa shape index (κ2) is 7.75. The van der Waals surface area contributed by atoms with Gasteiger partial charge >= 0.3 is 0 Å². The van der Waals surface area contributed by atoms with Crippen LogP contribution in [0.2, 0.25) is 0 Å². The Balaban J connectivity index is 1.49. The van der Waals surface area contributed by atoms with E-state index in [1.807, 2.05) is 12.1 Å². The van der Waals surface area contributed by atoms with Crippen molar-refractivity contribution < 1.29 is 22.8 Å². The van der Waals surface area contributed by atoms with Crippen LogP contribution in [-0.2, 0) is 0 Å². The number of hydrogen-bond acceptors (Lipinski definition) is 7. The molecular weight excluding hydrogens is 372 g/mol. The molecule has 0 aliphatic carbocycles. The van der Waals surface area contributed by atoms with E-state index in [9.17, 15) is 13.6 Å². The number of ether oxygens (including phenoxy) is 1. The van der Waals surface area contributed by atoms with Crippen LogP contribution in [0.1, 0.15) is 10.6 Å². The molecule has 0 N–H and O–H groups in total. The largest absolute Gasteiger partial charge is 0.471 e. The summed E-state index contributed by atoms with van der Waals surface area (Å²) in [4.78, 5) is 24.3. The first-order chi connectivity index (χ1) is 13.6. The smallest absolute Gasteiger partial charge is 0.292 e. The van der Waals surface area contributed by atoms with Gasteiger partial charge in [-0.3, -0.25) is 4.79 Å². The maximum atomic E-state index is 12.5. The lowest BCUT2D eigenvalue weighted by molar-refractivity contribution is 0.0704. The van der Waals surface area contributed by atoms with E-state index in [0.29, 0.717) is 37.1 Å². The standard InChI is InChI=1S/C18H17F2N5O3/c19-16(20)10-27-17-13-9-12(1-2-14(13)21-11-22-17)24-5-7-25(8-6-24)18(26)15-3-4-23-28-15/h1-4,9,11,16H,5-8,10H2. The van der Waals surface area contributed by atoms with Crippen molar-refractivity contribution in [2.75, 3.05) is 37.7 Å². The lowest BCUT2D eigenvalue weighted by Gasteiger charge is -2.35. The van der Waals surface area contributed by atoms with Gasteiger partial charge in [-0.1, -0.05) is 5.16 Å². The molecule has 0 unspecified atom stereocenters. The molecule has 8 nitrogen and oxygen atoms in total. The molecule has 4 rings (SSSR count). The van der Waals surface area contributed by atoms with Gasteiger partial charge in [0.2, 0.25) is 11.6 Å². The van der Waals surface area contributed by atoms with Crippen LogP contribution in [0.5, 0.6) is 5.88 Å². The molecule has 2 aromatic heterocycles. The number of benzene rings is 1. The van der Waals surface area contributed by atoms with Crippen LogP contribution in [-0.4, -0.2) is 65.1 Å². The minimum Gasteiger partial charge on any atom is -0.471 e. The van der Waals surface area contributed by atoms with Crippen LogP contribution in [0.3, 0.4) is 0 Å². The van der Waals surface area contributed by atoms with Gasteiger partial charge in [-0.2, -0.15) is 0 Å². The number of nitrogens with zero attached hydrogens (tertiary/aromatic N) is 5. The number of rotatable bonds is 5. The minimum atomic E-state index is -2.58. The third-order valence-electron chi connectivity index (χ3n) is 4.51. The molecule has 1 aromatic carbocycles. The van der Waals surface area contributed by atoms with Crippen molar-refractivity contribution in [2.24, 2.45) is 0 Å². The van der Waals surface area contributed by atoms with Crippen LogP contribution in [0.25, 0.3) is 10.9 Å². The van der Waals surface area contributed by atoms with E-state index in [-0.39, 0.29) is 17.5 Å². The van der Waals surface area contributed by atoms with Crippen LogP contribution in [0, 0.1) is 0 Å². The summed E-state index contributed by atoms with van der Waals surface area (Å²) in [5.41, 5.74) is 1.50. The highest BCUT2D eigenvalue weighted by atomic mass is 19.3. The molecule has 3 heterocycles. The van der Waals surface area contributed by atoms with Crippen molar-refractivity contribution in [1.82, 2.24) is 20.0 Å². The lowest BCUT2D eigenvalue weighted by atomic mass is 10.2. The zero-order valence-electron chi connectivity index (χ0n) is 14.8. The average molecular weight is 389 g/mol. The molecule has 146 valence electrons. The number of anilines is 1. The van der Waals surface area contributed by atoms with E-state index >= 15 is 0 Å². The molecule has 28 heavy (non-hydrogen) atoms. The number of halogens is 2. The van der Waals surface area contributed by atoms with Gasteiger partial charge < -0.3 is 19.1 Å². The quantitative estimate of drug-likeness (QED) is 0.662. The highest BCUT2D eigenvalue weighted by molar-refractivity contribution is 5.91. The van der Waals surface area contributed by atoms with Crippen molar-refractivity contribution in [2.45, 2.75) is 6.43 Å². The van der Waals surface area contributed by atoms with Crippen LogP contribution in [0.4, 0.5) is 14.5 Å². The fraction of sp³-hybridized carbons (Fsp3) is 0.333. The molecule has 0 bridgehead atoms. The highest BCUT2D eigenvalue weighted by Gasteiger charge is 2.24. The van der Waals surface area contributed by atoms with Crippen LogP contribution >= 0.6 is 0 Å². The Morgan fingerprint density at radius 1 is 1.18 bits per heavy atom. The molecule has 3 aromatic rings. The summed E-state index contributed by atoms with van der Waals surface area (Å²) < 4.78 is 35.0. The Hall–Kier alpha value is -3.30. The molecule has 10 heteroatoms. The molecule has 1 aliphatic rings. The van der Waals surface area contributed by atoms with E-state index < -0.39 is 13.0 Å². The third kappa shape index (κ3) is 3.71. The second-order valence-electron chi connectivity index (χ2n) is 6.24. The normalized spacial score (nSPS) is 14.7. The van der Waals surface area contributed by atoms with Gasteiger partial charge in [0, 0.05) is 37.9 Å². The van der Waals surface area contributed by atoms with Crippen LogP contribution in [0.15, 0.2) is 41.3 Å². The second-order valence-corrected chi connectivity index (χ2v) is 6.24. The Labute approximate surface area is 158 Å². The molecule has 0 spiro atoms. The fourth-order valence-corrected chi connectivity index (χ4v) is 3.12. The molecule has 0 radical (unpaired) electrons. The predicted molar refractivity (Wildman–Crippen MR) is 95.7 cm³/mol. The molecular formula is C18H17F2N5O3. The summed E-state index contributed by atoms with van der Waals surface area (Å²) in [5, 5.41) is 4.13. The van der Waals surface area contributed by atoms with Crippen molar-refractivity contribution in [3.05, 3.63) is 42.5 Å². The number of piperazine rings is 1. The predicted octanol–water partition coefficient (Wildman–Crippen LogP) is 2.22. The minimum absolute atomic E-state index is 0.131. The van der Waals surface area contributed by atoms with Gasteiger partial charge in [0.1, 0.15) is 6.33 Å². The third-order valence-corrected chi connectivity index (χ3v) is 4.51. The van der Waals surface area contributed by atoms with Gasteiger partial charge in [-0.25, -0.2) is 18.7 Å². The summed E-state index contributed by atoms with van der Waals surface area (Å²) in [5.74, 6) is 0.162. The molecule has 1 aliphatic heterocycles. The molecule has 1 amide bonds. The van der Waals surface area contributed by atoms with Gasteiger partial charge in [0.15, 0.2) is 6.61 Å². The lowest BCUT2D eigenvalue weighted by Crippen LogP contribution is -2.48. The van der Waals surface area contributed by atoms with E-state index in [4.69, 9.17) is 9.26 Å². The fourth-order valence-electron chi connectivity index (χ4n) is 3.12. The first kappa shape index (κ1) is 18.1. The molecule has 1 fully saturated rings. The molecule has 1 saturated heterocycles. The van der Waals surface area contributed by atoms with Crippen molar-refractivity contribution in [1.29, 1.82) is 0 Å². The molecule has 0 saturated carbocycles. The number of hydrogen-bond donors (Lipinski definition) is 0. The number of fused-ring (bicyclic) bond motifs is 1. The maximum Gasteiger partial charge on any atom is 0.292 e. The SMILES string of the molecule is O=C(c1ccno1)N1CCN(c2ccc3ncnc(OCC(F)F)c3c2)CC1. The van der Waals surface area contributed by atoms with Gasteiger partial charge in [-0.05, 0) is 18.2 Å². The Morgan fingerprint density at radius 2 is 2.00 bits per heavy atom. The average Bonchev–Trinajstić information content (AvgIpc) is 3.26. The summed E-state index contributed by atoms with van der Waals surface area (Å²) in [7, 11) is 0. The Morgan fingerprint density at radius 3 is 2.71 bits per heavy atom. The summed E-state index contributed by atoms with van der Waals surface area (Å²) in [6.07, 6.45) is 0.147. The maximum absolute atomic E-state index is 12.5. The van der Waals surface area contributed by atoms with E-state index in [1.54, 1.807) is 17.0 Å². The zero-order chi connectivity index (χ0) is 19.5. The summed E-state index contributed by atoms with van der Waals surface area (Å²) in [6, 6.07) is 7.07. The number of alkyl halides is 2. The first-order valence-corrected chi connectivity index (χ1v) is 8.72. The number of aromatic nitrogens is 3. The number of carbonyl (C=O) groups excluding carboxylic acids is 1. The topological polar surface area (TPSA) is 84.6 Å². The van der Waals surface area contributed by atoms with Crippen molar-refractivity contribution >= 4 is 22.5 Å². The van der Waals surface area contributed by atoms with Crippen molar-refractivity contribution in [3.8, 4) is 5.88 Å². The van der Waals surface area contributed by atoms with Gasteiger partial charge in [-0.15, -0.1) is 0 Å². The zero-order valence-corrected chi connectivity index (χ0v) is 14.8. The number of carbonyl (C=O) groups is 1. The monoisotopic (exact) mass is 389 g/mol. The Kier molecular flexibility index (Phi) is 5.00. The van der Waals surface area contributed by atoms with E-state index in [0.717, 1.165) is 5.69 Å². The van der Waals surface area contributed by atoms with Gasteiger partial charge in [0.25, 0.3) is 12.3 Å². The summed E-state index contributed by atoms with van der Waals surface area (Å²) in [6.45, 7) is 1.56. The Bertz CT molecular complexity index is 959. The highest BCUT2D eigenvalue weighted by Crippen LogP contribution is 2.27. The number of amides is 1. The van der Waals surface area contributed by atoms with E-state index in [2.05, 4.69) is 20.0 Å². The molecule has 0 atom stereocenters. The van der Waals surface area contributed by atoms with Crippen LogP contribution < -0.4 is 9.64 Å².